The van der Waals surface area contributed by atoms with Crippen LogP contribution in [0.1, 0.15) is 71.4 Å². The van der Waals surface area contributed by atoms with Gasteiger partial charge in [0, 0.05) is 41.3 Å². The normalized spacial score (nSPS) is 15.6. The van der Waals surface area contributed by atoms with Gasteiger partial charge in [0.2, 0.25) is 5.91 Å². The number of hydrogen-bond donors (Lipinski definition) is 5. The Kier molecular flexibility index (Phi) is 8.29. The summed E-state index contributed by atoms with van der Waals surface area (Å²) in [6.45, 7) is 4.26. The lowest BCUT2D eigenvalue weighted by molar-refractivity contribution is -0.120. The number of benzene rings is 1. The highest BCUT2D eigenvalue weighted by Crippen LogP contribution is 2.33. The van der Waals surface area contributed by atoms with Crippen molar-refractivity contribution in [3.8, 4) is 0 Å². The van der Waals surface area contributed by atoms with Gasteiger partial charge in [-0.2, -0.15) is 0 Å². The zero-order valence-corrected chi connectivity index (χ0v) is 22.4. The van der Waals surface area contributed by atoms with Crippen LogP contribution < -0.4 is 27.0 Å². The number of H-pyrrole nitrogens is 1. The molecule has 2 heterocycles. The maximum absolute atomic E-state index is 12.9. The predicted octanol–water partition coefficient (Wildman–Crippen LogP) is 3.55. The summed E-state index contributed by atoms with van der Waals surface area (Å²) in [4.78, 5) is 40.9. The number of anilines is 1. The van der Waals surface area contributed by atoms with Crippen LogP contribution in [0.4, 0.5) is 5.69 Å². The van der Waals surface area contributed by atoms with Gasteiger partial charge >= 0.3 is 0 Å². The van der Waals surface area contributed by atoms with Crippen LogP contribution in [0.2, 0.25) is 0 Å². The molecule has 0 radical (unpaired) electrons. The molecule has 1 aliphatic carbocycles. The third kappa shape index (κ3) is 6.20. The number of carbonyl (C=O) groups is 3. The third-order valence-electron chi connectivity index (χ3n) is 6.67. The second-order valence-electron chi connectivity index (χ2n) is 9.48. The molecular weight excluding hydrogens is 485 g/mol. The Bertz CT molecular complexity index is 1340. The van der Waals surface area contributed by atoms with Crippen LogP contribution in [0.3, 0.4) is 0 Å². The number of nitrogens with two attached hydrogens (primary N) is 1. The minimum Gasteiger partial charge on any atom is -0.400 e. The first-order valence-electron chi connectivity index (χ1n) is 12.6. The summed E-state index contributed by atoms with van der Waals surface area (Å²) in [6, 6.07) is 5.78. The van der Waals surface area contributed by atoms with Crippen molar-refractivity contribution in [1.82, 2.24) is 15.6 Å². The van der Waals surface area contributed by atoms with Crippen LogP contribution in [-0.2, 0) is 9.59 Å². The van der Waals surface area contributed by atoms with Gasteiger partial charge in [-0.15, -0.1) is 9.24 Å². The summed E-state index contributed by atoms with van der Waals surface area (Å²) >= 11 is 0. The number of fused-ring (bicyclic) bond motifs is 1. The number of nitrogens with one attached hydrogen (secondary N) is 4. The number of unbranched alkanes of at least 4 members (excludes halogenated alkanes) is 2. The van der Waals surface area contributed by atoms with Crippen LogP contribution in [0, 0.1) is 13.8 Å². The van der Waals surface area contributed by atoms with Crippen LogP contribution in [0.15, 0.2) is 41.7 Å². The first-order chi connectivity index (χ1) is 17.7. The van der Waals surface area contributed by atoms with E-state index < -0.39 is 0 Å². The molecule has 37 heavy (non-hydrogen) atoms. The van der Waals surface area contributed by atoms with Crippen molar-refractivity contribution >= 4 is 49.6 Å². The molecule has 4 rings (SSSR count). The molecule has 2 aromatic rings. The number of rotatable bonds is 9. The number of aryl methyl sites for hydroxylation is 1. The topological polar surface area (TPSA) is 129 Å². The molecule has 1 aliphatic heterocycles. The number of hydrogen-bond acceptors (Lipinski definition) is 4. The smallest absolute Gasteiger partial charge is 0.256 e. The van der Waals surface area contributed by atoms with Gasteiger partial charge in [-0.3, -0.25) is 14.4 Å². The van der Waals surface area contributed by atoms with E-state index >= 15 is 0 Å². The summed E-state index contributed by atoms with van der Waals surface area (Å²) < 4.78 is 0. The summed E-state index contributed by atoms with van der Waals surface area (Å²) in [5, 5.41) is 9.75. The highest BCUT2D eigenvalue weighted by molar-refractivity contribution is 7.27. The molecule has 1 aromatic carbocycles. The third-order valence-corrected chi connectivity index (χ3v) is 7.03. The van der Waals surface area contributed by atoms with E-state index in [-0.39, 0.29) is 17.7 Å². The van der Waals surface area contributed by atoms with Crippen molar-refractivity contribution in [2.45, 2.75) is 52.4 Å². The molecule has 1 atom stereocenters. The molecule has 8 nitrogen and oxygen atoms in total. The van der Waals surface area contributed by atoms with E-state index in [9.17, 15) is 14.4 Å². The van der Waals surface area contributed by atoms with Crippen molar-refractivity contribution in [3.05, 3.63) is 69.8 Å². The van der Waals surface area contributed by atoms with Gasteiger partial charge in [0.25, 0.3) is 11.8 Å². The fourth-order valence-corrected chi connectivity index (χ4v) is 4.92. The Morgan fingerprint density at radius 2 is 2.00 bits per heavy atom. The second-order valence-corrected chi connectivity index (χ2v) is 10.1. The van der Waals surface area contributed by atoms with Gasteiger partial charge in [-0.1, -0.05) is 24.6 Å². The maximum atomic E-state index is 12.9. The van der Waals surface area contributed by atoms with E-state index in [4.69, 9.17) is 5.73 Å². The standard InChI is InChI=1S/C28H34N5O3P/c1-16-23(15-20-19-12-11-18(37)14-24(19)33-27(20)35)31-17(2)26(16)28(36)30-13-7-3-4-10-25(34)32-22-9-6-5-8-21(22)29/h6,9,11-12,14-15,31H,3-5,7-8,10,13,29,37H2,1-2H3,(H,30,36)(H,32,34)(H,33,35)/b20-15-. The number of allylic oxidation sites excluding steroid dienone is 3. The van der Waals surface area contributed by atoms with Crippen LogP contribution in [0.25, 0.3) is 11.6 Å². The quantitative estimate of drug-likeness (QED) is 0.197. The molecule has 6 N–H and O–H groups in total. The minimum absolute atomic E-state index is 0.0404. The monoisotopic (exact) mass is 519 g/mol. The summed E-state index contributed by atoms with van der Waals surface area (Å²) in [5.74, 6) is -0.349. The molecule has 0 bridgehead atoms. The Hall–Kier alpha value is -3.64. The first kappa shape index (κ1) is 26.4. The Morgan fingerprint density at radius 3 is 2.78 bits per heavy atom. The second kappa shape index (κ2) is 11.6. The molecule has 2 aliphatic rings. The maximum Gasteiger partial charge on any atom is 0.256 e. The van der Waals surface area contributed by atoms with Gasteiger partial charge in [0.15, 0.2) is 0 Å². The molecular formula is C28H34N5O3P. The molecule has 1 unspecified atom stereocenters. The largest absolute Gasteiger partial charge is 0.400 e. The average molecular weight is 520 g/mol. The molecule has 0 spiro atoms. The Balaban J connectivity index is 1.28. The fourth-order valence-electron chi connectivity index (χ4n) is 4.65. The zero-order valence-electron chi connectivity index (χ0n) is 21.3. The number of aromatic nitrogens is 1. The van der Waals surface area contributed by atoms with E-state index in [1.165, 1.54) is 0 Å². The number of aromatic amines is 1. The molecule has 0 saturated heterocycles. The predicted molar refractivity (Wildman–Crippen MR) is 151 cm³/mol. The molecule has 1 aromatic heterocycles. The lowest BCUT2D eigenvalue weighted by Crippen LogP contribution is -2.26. The fraction of sp³-hybridized carbons (Fsp3) is 0.321. The SMILES string of the molecule is Cc1[nH]c(/C=C2\C(=O)Nc3cc(P)ccc32)c(C)c1C(=O)NCCCCCC(=O)NC1=C(N)CCC=C1. The van der Waals surface area contributed by atoms with Gasteiger partial charge < -0.3 is 26.7 Å². The molecule has 9 heteroatoms. The Labute approximate surface area is 219 Å². The van der Waals surface area contributed by atoms with Crippen LogP contribution in [-0.4, -0.2) is 29.3 Å². The molecule has 0 saturated carbocycles. The van der Waals surface area contributed by atoms with Gasteiger partial charge in [0.1, 0.15) is 0 Å². The lowest BCUT2D eigenvalue weighted by atomic mass is 10.0. The lowest BCUT2D eigenvalue weighted by Gasteiger charge is -2.13. The highest BCUT2D eigenvalue weighted by Gasteiger charge is 2.25. The van der Waals surface area contributed by atoms with Crippen molar-refractivity contribution < 1.29 is 14.4 Å². The molecule has 194 valence electrons. The van der Waals surface area contributed by atoms with E-state index in [1.807, 2.05) is 44.2 Å². The van der Waals surface area contributed by atoms with Crippen LogP contribution in [0.5, 0.6) is 0 Å². The Morgan fingerprint density at radius 1 is 1.19 bits per heavy atom. The van der Waals surface area contributed by atoms with Gasteiger partial charge in [-0.05, 0) is 68.6 Å². The first-order valence-corrected chi connectivity index (χ1v) is 13.2. The zero-order chi connectivity index (χ0) is 26.5. The number of carbonyl (C=O) groups excluding carboxylic acids is 3. The average Bonchev–Trinajstić information content (AvgIpc) is 3.31. The van der Waals surface area contributed by atoms with E-state index in [0.29, 0.717) is 29.8 Å². The van der Waals surface area contributed by atoms with E-state index in [2.05, 4.69) is 30.2 Å². The number of amides is 3. The van der Waals surface area contributed by atoms with Crippen molar-refractivity contribution in [2.75, 3.05) is 11.9 Å². The summed E-state index contributed by atoms with van der Waals surface area (Å²) in [7, 11) is 2.63. The summed E-state index contributed by atoms with van der Waals surface area (Å²) in [6.07, 6.45) is 10.1. The minimum atomic E-state index is -0.160. The van der Waals surface area contributed by atoms with Gasteiger partial charge in [0.05, 0.1) is 16.8 Å². The van der Waals surface area contributed by atoms with Crippen LogP contribution >= 0.6 is 9.24 Å². The van der Waals surface area contributed by atoms with Crippen molar-refractivity contribution in [1.29, 1.82) is 0 Å². The van der Waals surface area contributed by atoms with Gasteiger partial charge in [-0.25, -0.2) is 0 Å². The van der Waals surface area contributed by atoms with E-state index in [1.54, 1.807) is 6.08 Å². The van der Waals surface area contributed by atoms with Crippen molar-refractivity contribution in [2.24, 2.45) is 5.73 Å². The highest BCUT2D eigenvalue weighted by atomic mass is 31.0. The van der Waals surface area contributed by atoms with E-state index in [0.717, 1.165) is 71.3 Å². The molecule has 0 fully saturated rings. The van der Waals surface area contributed by atoms with Crippen molar-refractivity contribution in [3.63, 3.8) is 0 Å². The summed E-state index contributed by atoms with van der Waals surface area (Å²) in [5.41, 5.74) is 12.5. The molecule has 3 amide bonds.